The fourth-order valence-electron chi connectivity index (χ4n) is 4.75. The molecule has 9 heteroatoms. The van der Waals surface area contributed by atoms with E-state index in [1.807, 2.05) is 24.3 Å². The lowest BCUT2D eigenvalue weighted by Gasteiger charge is -2.54. The van der Waals surface area contributed by atoms with Crippen LogP contribution >= 0.6 is 11.6 Å². The zero-order chi connectivity index (χ0) is 23.0. The van der Waals surface area contributed by atoms with E-state index in [0.717, 1.165) is 18.5 Å². The molecule has 2 aromatic rings. The first kappa shape index (κ1) is 23.6. The molecule has 2 aromatic carbocycles. The second-order valence-electron chi connectivity index (χ2n) is 8.97. The number of sulfonamides is 1. The SMILES string of the molecule is CC(C)N1CC(Cc2ccc(Cl)cc2)N2CC(N)CN(S(=O)(=O)c3ccccc3F)C2C1. The Bertz CT molecular complexity index is 1050. The molecule has 0 radical (unpaired) electrons. The number of benzene rings is 2. The Morgan fingerprint density at radius 2 is 1.75 bits per heavy atom. The van der Waals surface area contributed by atoms with Crippen LogP contribution in [0.1, 0.15) is 19.4 Å². The van der Waals surface area contributed by atoms with Gasteiger partial charge >= 0.3 is 0 Å². The average Bonchev–Trinajstić information content (AvgIpc) is 2.75. The van der Waals surface area contributed by atoms with Gasteiger partial charge in [-0.3, -0.25) is 9.80 Å². The Labute approximate surface area is 194 Å². The van der Waals surface area contributed by atoms with Gasteiger partial charge in [0, 0.05) is 49.3 Å². The zero-order valence-electron chi connectivity index (χ0n) is 18.4. The van der Waals surface area contributed by atoms with Crippen molar-refractivity contribution in [3.8, 4) is 0 Å². The van der Waals surface area contributed by atoms with Crippen LogP contribution < -0.4 is 5.73 Å². The van der Waals surface area contributed by atoms with Gasteiger partial charge in [0.25, 0.3) is 0 Å². The van der Waals surface area contributed by atoms with Crippen molar-refractivity contribution in [2.75, 3.05) is 26.2 Å². The molecule has 174 valence electrons. The van der Waals surface area contributed by atoms with Gasteiger partial charge < -0.3 is 5.73 Å². The highest BCUT2D eigenvalue weighted by atomic mass is 35.5. The van der Waals surface area contributed by atoms with E-state index >= 15 is 0 Å². The van der Waals surface area contributed by atoms with E-state index in [-0.39, 0.29) is 29.6 Å². The molecule has 2 N–H and O–H groups in total. The second-order valence-corrected chi connectivity index (χ2v) is 11.3. The smallest absolute Gasteiger partial charge is 0.247 e. The Morgan fingerprint density at radius 3 is 2.41 bits per heavy atom. The van der Waals surface area contributed by atoms with Gasteiger partial charge in [0.2, 0.25) is 10.0 Å². The van der Waals surface area contributed by atoms with E-state index in [4.69, 9.17) is 17.3 Å². The van der Waals surface area contributed by atoms with Crippen molar-refractivity contribution in [2.24, 2.45) is 5.73 Å². The predicted octanol–water partition coefficient (Wildman–Crippen LogP) is 2.77. The molecule has 0 aliphatic carbocycles. The minimum Gasteiger partial charge on any atom is -0.325 e. The standard InChI is InChI=1S/C23H30ClFN4O2S/c1-16(2)27-14-20(11-17-7-9-18(24)10-8-17)28-12-19(26)13-29(23(28)15-27)32(30,31)22-6-4-3-5-21(22)25/h3-10,16,19-20,23H,11-15,26H2,1-2H3. The van der Waals surface area contributed by atoms with E-state index in [2.05, 4.69) is 23.6 Å². The highest BCUT2D eigenvalue weighted by Gasteiger charge is 2.47. The number of hydrogen-bond donors (Lipinski definition) is 1. The third-order valence-electron chi connectivity index (χ3n) is 6.43. The lowest BCUT2D eigenvalue weighted by molar-refractivity contribution is -0.0618. The molecule has 2 aliphatic rings. The van der Waals surface area contributed by atoms with E-state index in [1.165, 1.54) is 22.5 Å². The van der Waals surface area contributed by atoms with Crippen molar-refractivity contribution in [1.82, 2.24) is 14.1 Å². The van der Waals surface area contributed by atoms with Gasteiger partial charge in [0.05, 0.1) is 6.17 Å². The molecule has 3 unspecified atom stereocenters. The summed E-state index contributed by atoms with van der Waals surface area (Å²) in [6.45, 7) is 6.33. The molecule has 2 aliphatic heterocycles. The van der Waals surface area contributed by atoms with Crippen LogP contribution in [0.5, 0.6) is 0 Å². The molecule has 0 aromatic heterocycles. The predicted molar refractivity (Wildman–Crippen MR) is 124 cm³/mol. The van der Waals surface area contributed by atoms with Crippen LogP contribution in [-0.2, 0) is 16.4 Å². The summed E-state index contributed by atoms with van der Waals surface area (Å²) >= 11 is 6.05. The summed E-state index contributed by atoms with van der Waals surface area (Å²) in [5, 5.41) is 0.682. The first-order chi connectivity index (χ1) is 15.2. The molecule has 32 heavy (non-hydrogen) atoms. The summed E-state index contributed by atoms with van der Waals surface area (Å²) in [6, 6.07) is 13.2. The molecule has 0 saturated carbocycles. The quantitative estimate of drug-likeness (QED) is 0.712. The summed E-state index contributed by atoms with van der Waals surface area (Å²) in [5.74, 6) is -0.743. The van der Waals surface area contributed by atoms with Crippen LogP contribution in [-0.4, -0.2) is 73.0 Å². The lowest BCUT2D eigenvalue weighted by atomic mass is 9.98. The zero-order valence-corrected chi connectivity index (χ0v) is 19.9. The van der Waals surface area contributed by atoms with Gasteiger partial charge in [-0.25, -0.2) is 12.8 Å². The van der Waals surface area contributed by atoms with Gasteiger partial charge in [-0.15, -0.1) is 0 Å². The number of rotatable bonds is 5. The molecule has 4 rings (SSSR count). The molecule has 0 spiro atoms. The minimum absolute atomic E-state index is 0.0713. The first-order valence-electron chi connectivity index (χ1n) is 10.9. The van der Waals surface area contributed by atoms with Crippen molar-refractivity contribution >= 4 is 21.6 Å². The number of piperazine rings is 1. The maximum absolute atomic E-state index is 14.5. The third-order valence-corrected chi connectivity index (χ3v) is 8.57. The molecule has 0 amide bonds. The molecular weight excluding hydrogens is 451 g/mol. The topological polar surface area (TPSA) is 69.9 Å². The summed E-state index contributed by atoms with van der Waals surface area (Å²) in [6.07, 6.45) is 0.338. The molecular formula is C23H30ClFN4O2S. The van der Waals surface area contributed by atoms with Crippen molar-refractivity contribution in [3.05, 3.63) is 64.9 Å². The number of hydrogen-bond acceptors (Lipinski definition) is 5. The van der Waals surface area contributed by atoms with Crippen molar-refractivity contribution in [3.63, 3.8) is 0 Å². The van der Waals surface area contributed by atoms with E-state index < -0.39 is 22.0 Å². The number of fused-ring (bicyclic) bond motifs is 1. The normalized spacial score (nSPS) is 25.8. The molecule has 6 nitrogen and oxygen atoms in total. The summed E-state index contributed by atoms with van der Waals surface area (Å²) in [7, 11) is -4.05. The summed E-state index contributed by atoms with van der Waals surface area (Å²) < 4.78 is 43.0. The Kier molecular flexibility index (Phi) is 6.91. The maximum Gasteiger partial charge on any atom is 0.247 e. The highest BCUT2D eigenvalue weighted by Crippen LogP contribution is 2.31. The molecule has 2 saturated heterocycles. The van der Waals surface area contributed by atoms with Crippen LogP contribution in [0.25, 0.3) is 0 Å². The largest absolute Gasteiger partial charge is 0.325 e. The number of halogens is 2. The Hall–Kier alpha value is -1.55. The third kappa shape index (κ3) is 4.71. The number of nitrogens with zero attached hydrogens (tertiary/aromatic N) is 3. The fraction of sp³-hybridized carbons (Fsp3) is 0.478. The van der Waals surface area contributed by atoms with Crippen LogP contribution in [0.3, 0.4) is 0 Å². The van der Waals surface area contributed by atoms with E-state index in [9.17, 15) is 12.8 Å². The molecule has 3 atom stereocenters. The van der Waals surface area contributed by atoms with Crippen LogP contribution in [0, 0.1) is 5.82 Å². The number of nitrogens with two attached hydrogens (primary N) is 1. The fourth-order valence-corrected chi connectivity index (χ4v) is 6.59. The van der Waals surface area contributed by atoms with Crippen molar-refractivity contribution < 1.29 is 12.8 Å². The average molecular weight is 481 g/mol. The lowest BCUT2D eigenvalue weighted by Crippen LogP contribution is -2.72. The van der Waals surface area contributed by atoms with Gasteiger partial charge in [0.1, 0.15) is 10.7 Å². The van der Waals surface area contributed by atoms with Gasteiger partial charge in [-0.2, -0.15) is 4.31 Å². The van der Waals surface area contributed by atoms with Crippen LogP contribution in [0.4, 0.5) is 4.39 Å². The molecule has 0 bridgehead atoms. The van der Waals surface area contributed by atoms with Gasteiger partial charge in [-0.05, 0) is 50.1 Å². The Morgan fingerprint density at radius 1 is 1.06 bits per heavy atom. The minimum atomic E-state index is -4.05. The maximum atomic E-state index is 14.5. The van der Waals surface area contributed by atoms with E-state index in [0.29, 0.717) is 18.1 Å². The molecule has 2 heterocycles. The van der Waals surface area contributed by atoms with E-state index in [1.54, 1.807) is 6.07 Å². The Balaban J connectivity index is 1.70. The van der Waals surface area contributed by atoms with Gasteiger partial charge in [-0.1, -0.05) is 35.9 Å². The summed E-state index contributed by atoms with van der Waals surface area (Å²) in [4.78, 5) is 4.19. The van der Waals surface area contributed by atoms with Crippen LogP contribution in [0.15, 0.2) is 53.4 Å². The summed E-state index contributed by atoms with van der Waals surface area (Å²) in [5.41, 5.74) is 7.47. The van der Waals surface area contributed by atoms with Gasteiger partial charge in [0.15, 0.2) is 0 Å². The van der Waals surface area contributed by atoms with Crippen molar-refractivity contribution in [1.29, 1.82) is 0 Å². The molecule has 2 fully saturated rings. The second kappa shape index (κ2) is 9.37. The first-order valence-corrected chi connectivity index (χ1v) is 12.7. The van der Waals surface area contributed by atoms with Crippen LogP contribution in [0.2, 0.25) is 5.02 Å². The highest BCUT2D eigenvalue weighted by molar-refractivity contribution is 7.89. The van der Waals surface area contributed by atoms with Crippen molar-refractivity contribution in [2.45, 2.75) is 49.5 Å². The monoisotopic (exact) mass is 480 g/mol.